The molecule has 1 aromatic carbocycles. The number of benzene rings is 1. The molecule has 4 nitrogen and oxygen atoms in total. The molecule has 3 rings (SSSR count). The van der Waals surface area contributed by atoms with Crippen LogP contribution in [-0.4, -0.2) is 47.3 Å². The zero-order chi connectivity index (χ0) is 17.1. The van der Waals surface area contributed by atoms with Gasteiger partial charge in [-0.3, -0.25) is 9.59 Å². The number of halogens is 2. The molecule has 130 valence electrons. The standard InChI is InChI=1S/C18H22ClFN2O2/c19-14-10-13(11-15(20)12-14)18(24)22-8-2-1-4-16(22)6-9-21-7-3-5-17(21)23/h10-12,16H,1-9H2/t16-/m0/s1. The Kier molecular flexibility index (Phi) is 5.39. The van der Waals surface area contributed by atoms with Gasteiger partial charge in [0, 0.05) is 42.7 Å². The number of carbonyl (C=O) groups is 2. The van der Waals surface area contributed by atoms with Gasteiger partial charge in [0.2, 0.25) is 5.91 Å². The van der Waals surface area contributed by atoms with E-state index in [1.807, 2.05) is 9.80 Å². The molecule has 2 heterocycles. The van der Waals surface area contributed by atoms with Crippen molar-refractivity contribution in [1.29, 1.82) is 0 Å². The number of rotatable bonds is 4. The van der Waals surface area contributed by atoms with E-state index in [4.69, 9.17) is 11.6 Å². The van der Waals surface area contributed by atoms with E-state index in [0.29, 0.717) is 25.1 Å². The smallest absolute Gasteiger partial charge is 0.254 e. The Bertz CT molecular complexity index is 617. The zero-order valence-electron chi connectivity index (χ0n) is 13.6. The number of amides is 2. The average Bonchev–Trinajstić information content (AvgIpc) is 2.97. The van der Waals surface area contributed by atoms with Gasteiger partial charge in [-0.05, 0) is 50.3 Å². The fraction of sp³-hybridized carbons (Fsp3) is 0.556. The van der Waals surface area contributed by atoms with E-state index >= 15 is 0 Å². The molecular formula is C18H22ClFN2O2. The molecule has 0 aromatic heterocycles. The van der Waals surface area contributed by atoms with Crippen LogP contribution < -0.4 is 0 Å². The number of piperidine rings is 1. The topological polar surface area (TPSA) is 40.6 Å². The van der Waals surface area contributed by atoms with E-state index in [2.05, 4.69) is 0 Å². The molecule has 2 amide bonds. The van der Waals surface area contributed by atoms with Crippen LogP contribution in [0.3, 0.4) is 0 Å². The Hall–Kier alpha value is -1.62. The maximum Gasteiger partial charge on any atom is 0.254 e. The Morgan fingerprint density at radius 2 is 2.04 bits per heavy atom. The fourth-order valence-electron chi connectivity index (χ4n) is 3.66. The lowest BCUT2D eigenvalue weighted by molar-refractivity contribution is -0.127. The Labute approximate surface area is 146 Å². The van der Waals surface area contributed by atoms with Crippen molar-refractivity contribution >= 4 is 23.4 Å². The predicted octanol–water partition coefficient (Wildman–Crippen LogP) is 3.49. The zero-order valence-corrected chi connectivity index (χ0v) is 14.4. The average molecular weight is 353 g/mol. The Balaban J connectivity index is 1.69. The lowest BCUT2D eigenvalue weighted by atomic mass is 9.98. The van der Waals surface area contributed by atoms with E-state index in [0.717, 1.165) is 38.6 Å². The van der Waals surface area contributed by atoms with Gasteiger partial charge in [0.15, 0.2) is 0 Å². The largest absolute Gasteiger partial charge is 0.343 e. The fourth-order valence-corrected chi connectivity index (χ4v) is 3.88. The summed E-state index contributed by atoms with van der Waals surface area (Å²) in [5.74, 6) is -0.462. The van der Waals surface area contributed by atoms with Crippen molar-refractivity contribution in [2.45, 2.75) is 44.6 Å². The molecule has 1 aromatic rings. The van der Waals surface area contributed by atoms with Gasteiger partial charge in [0.1, 0.15) is 5.82 Å². The molecule has 0 saturated carbocycles. The molecule has 2 fully saturated rings. The highest BCUT2D eigenvalue weighted by atomic mass is 35.5. The summed E-state index contributed by atoms with van der Waals surface area (Å²) in [6.45, 7) is 2.18. The summed E-state index contributed by atoms with van der Waals surface area (Å²) < 4.78 is 13.5. The minimum absolute atomic E-state index is 0.0988. The molecule has 1 atom stereocenters. The van der Waals surface area contributed by atoms with Crippen LogP contribution in [0.25, 0.3) is 0 Å². The Morgan fingerprint density at radius 3 is 2.75 bits per heavy atom. The molecule has 0 radical (unpaired) electrons. The van der Waals surface area contributed by atoms with Crippen LogP contribution >= 0.6 is 11.6 Å². The van der Waals surface area contributed by atoms with Gasteiger partial charge in [-0.2, -0.15) is 0 Å². The van der Waals surface area contributed by atoms with E-state index in [9.17, 15) is 14.0 Å². The van der Waals surface area contributed by atoms with Crippen LogP contribution in [0.5, 0.6) is 0 Å². The second-order valence-electron chi connectivity index (χ2n) is 6.58. The first-order valence-electron chi connectivity index (χ1n) is 8.59. The highest BCUT2D eigenvalue weighted by molar-refractivity contribution is 6.31. The van der Waals surface area contributed by atoms with E-state index < -0.39 is 5.82 Å². The van der Waals surface area contributed by atoms with E-state index in [1.54, 1.807) is 0 Å². The summed E-state index contributed by atoms with van der Waals surface area (Å²) in [5.41, 5.74) is 0.296. The number of nitrogens with zero attached hydrogens (tertiary/aromatic N) is 2. The highest BCUT2D eigenvalue weighted by Crippen LogP contribution is 2.24. The van der Waals surface area contributed by atoms with Crippen LogP contribution in [0.15, 0.2) is 18.2 Å². The number of hydrogen-bond acceptors (Lipinski definition) is 2. The summed E-state index contributed by atoms with van der Waals surface area (Å²) >= 11 is 5.88. The van der Waals surface area contributed by atoms with Gasteiger partial charge in [0.25, 0.3) is 5.91 Å². The van der Waals surface area contributed by atoms with Crippen molar-refractivity contribution in [1.82, 2.24) is 9.80 Å². The van der Waals surface area contributed by atoms with Crippen molar-refractivity contribution in [2.24, 2.45) is 0 Å². The molecule has 6 heteroatoms. The van der Waals surface area contributed by atoms with Gasteiger partial charge < -0.3 is 9.80 Å². The summed E-state index contributed by atoms with van der Waals surface area (Å²) in [4.78, 5) is 28.3. The molecule has 2 saturated heterocycles. The minimum Gasteiger partial charge on any atom is -0.343 e. The first-order chi connectivity index (χ1) is 11.5. The molecular weight excluding hydrogens is 331 g/mol. The van der Waals surface area contributed by atoms with Gasteiger partial charge in [-0.25, -0.2) is 4.39 Å². The maximum atomic E-state index is 13.5. The maximum absolute atomic E-state index is 13.5. The lowest BCUT2D eigenvalue weighted by Crippen LogP contribution is -2.45. The SMILES string of the molecule is O=C1CCCN1CC[C@@H]1CCCCN1C(=O)c1cc(F)cc(Cl)c1. The third-order valence-electron chi connectivity index (χ3n) is 4.90. The minimum atomic E-state index is -0.498. The molecule has 2 aliphatic heterocycles. The monoisotopic (exact) mass is 352 g/mol. The van der Waals surface area contributed by atoms with Crippen molar-refractivity contribution < 1.29 is 14.0 Å². The number of hydrogen-bond donors (Lipinski definition) is 0. The predicted molar refractivity (Wildman–Crippen MR) is 90.5 cm³/mol. The van der Waals surface area contributed by atoms with Crippen LogP contribution in [0.4, 0.5) is 4.39 Å². The first kappa shape index (κ1) is 17.2. The third-order valence-corrected chi connectivity index (χ3v) is 5.12. The van der Waals surface area contributed by atoms with Crippen molar-refractivity contribution in [3.05, 3.63) is 34.6 Å². The lowest BCUT2D eigenvalue weighted by Gasteiger charge is -2.36. The number of carbonyl (C=O) groups excluding carboxylic acids is 2. The van der Waals surface area contributed by atoms with Crippen LogP contribution in [-0.2, 0) is 4.79 Å². The van der Waals surface area contributed by atoms with Gasteiger partial charge in [-0.1, -0.05) is 11.6 Å². The van der Waals surface area contributed by atoms with E-state index in [1.165, 1.54) is 18.2 Å². The third kappa shape index (κ3) is 3.89. The van der Waals surface area contributed by atoms with Gasteiger partial charge >= 0.3 is 0 Å². The van der Waals surface area contributed by atoms with Crippen molar-refractivity contribution in [3.8, 4) is 0 Å². The molecule has 0 aliphatic carbocycles. The molecule has 0 spiro atoms. The quantitative estimate of drug-likeness (QED) is 0.832. The second-order valence-corrected chi connectivity index (χ2v) is 7.02. The summed E-state index contributed by atoms with van der Waals surface area (Å²) in [6, 6.07) is 4.05. The van der Waals surface area contributed by atoms with Gasteiger partial charge in [-0.15, -0.1) is 0 Å². The molecule has 24 heavy (non-hydrogen) atoms. The van der Waals surface area contributed by atoms with Crippen LogP contribution in [0, 0.1) is 5.82 Å². The van der Waals surface area contributed by atoms with Crippen molar-refractivity contribution in [2.75, 3.05) is 19.6 Å². The Morgan fingerprint density at radius 1 is 1.21 bits per heavy atom. The first-order valence-corrected chi connectivity index (χ1v) is 8.97. The second kappa shape index (κ2) is 7.51. The summed E-state index contributed by atoms with van der Waals surface area (Å²) in [6.07, 6.45) is 5.29. The van der Waals surface area contributed by atoms with E-state index in [-0.39, 0.29) is 22.9 Å². The number of likely N-dealkylation sites (tertiary alicyclic amines) is 2. The van der Waals surface area contributed by atoms with Crippen LogP contribution in [0.1, 0.15) is 48.9 Å². The summed E-state index contributed by atoms with van der Waals surface area (Å²) in [5, 5.41) is 0.231. The normalized spacial score (nSPS) is 21.4. The van der Waals surface area contributed by atoms with Gasteiger partial charge in [0.05, 0.1) is 0 Å². The highest BCUT2D eigenvalue weighted by Gasteiger charge is 2.29. The van der Waals surface area contributed by atoms with Crippen molar-refractivity contribution in [3.63, 3.8) is 0 Å². The molecule has 0 N–H and O–H groups in total. The van der Waals surface area contributed by atoms with Crippen LogP contribution in [0.2, 0.25) is 5.02 Å². The molecule has 0 unspecified atom stereocenters. The molecule has 2 aliphatic rings. The molecule has 0 bridgehead atoms. The summed E-state index contributed by atoms with van der Waals surface area (Å²) in [7, 11) is 0.